The molecule has 2 aliphatic heterocycles. The first-order chi connectivity index (χ1) is 11.5. The minimum absolute atomic E-state index is 0.0328. The average molecular weight is 351 g/mol. The monoisotopic (exact) mass is 350 g/mol. The maximum atomic E-state index is 12.6. The maximum absolute atomic E-state index is 12.6. The molecule has 0 aromatic heterocycles. The maximum Gasteiger partial charge on any atom is 0.319 e. The van der Waals surface area contributed by atoms with E-state index >= 15 is 0 Å². The zero-order valence-corrected chi connectivity index (χ0v) is 14.6. The van der Waals surface area contributed by atoms with Gasteiger partial charge in [-0.25, -0.2) is 4.79 Å². The summed E-state index contributed by atoms with van der Waals surface area (Å²) in [4.78, 5) is 27.9. The molecule has 0 radical (unpaired) electrons. The van der Waals surface area contributed by atoms with Crippen LogP contribution in [-0.2, 0) is 11.2 Å². The van der Waals surface area contributed by atoms with Gasteiger partial charge in [0.2, 0.25) is 5.91 Å². The number of benzene rings is 1. The van der Waals surface area contributed by atoms with Crippen molar-refractivity contribution in [3.63, 3.8) is 0 Å². The van der Waals surface area contributed by atoms with Crippen molar-refractivity contribution in [2.24, 2.45) is 5.41 Å². The van der Waals surface area contributed by atoms with Gasteiger partial charge in [-0.05, 0) is 24.1 Å². The van der Waals surface area contributed by atoms with Gasteiger partial charge in [-0.15, -0.1) is 0 Å². The number of urea groups is 1. The van der Waals surface area contributed by atoms with Crippen LogP contribution in [0.2, 0.25) is 5.02 Å². The van der Waals surface area contributed by atoms with E-state index in [4.69, 9.17) is 11.6 Å². The topological polar surface area (TPSA) is 64.7 Å². The van der Waals surface area contributed by atoms with Gasteiger partial charge in [0, 0.05) is 51.3 Å². The van der Waals surface area contributed by atoms with Gasteiger partial charge in [0.25, 0.3) is 0 Å². The smallest absolute Gasteiger partial charge is 0.319 e. The molecule has 2 heterocycles. The highest BCUT2D eigenvalue weighted by atomic mass is 35.5. The van der Waals surface area contributed by atoms with Gasteiger partial charge in [0.05, 0.1) is 5.41 Å². The summed E-state index contributed by atoms with van der Waals surface area (Å²) in [5.41, 5.74) is 0.701. The molecule has 0 unspecified atom stereocenters. The van der Waals surface area contributed by atoms with E-state index in [1.807, 2.05) is 24.3 Å². The molecule has 24 heavy (non-hydrogen) atoms. The molecule has 3 rings (SSSR count). The van der Waals surface area contributed by atoms with E-state index in [0.29, 0.717) is 37.6 Å². The van der Waals surface area contributed by atoms with Crippen LogP contribution in [0.4, 0.5) is 4.79 Å². The third kappa shape index (κ3) is 3.49. The Kier molecular flexibility index (Phi) is 4.96. The molecule has 0 bridgehead atoms. The van der Waals surface area contributed by atoms with E-state index < -0.39 is 5.41 Å². The number of amides is 3. The minimum Gasteiger partial charge on any atom is -0.354 e. The molecule has 0 aliphatic carbocycles. The molecular weight excluding hydrogens is 328 g/mol. The summed E-state index contributed by atoms with van der Waals surface area (Å²) in [6.45, 7) is 3.86. The first-order valence-corrected chi connectivity index (χ1v) is 8.61. The second-order valence-corrected chi connectivity index (χ2v) is 7.07. The number of nitrogens with one attached hydrogen (secondary N) is 2. The van der Waals surface area contributed by atoms with Gasteiger partial charge in [-0.3, -0.25) is 4.79 Å². The van der Waals surface area contributed by atoms with Crippen molar-refractivity contribution in [3.05, 3.63) is 34.9 Å². The SMILES string of the molecule is CN1CCN(CCNC(=O)C2(Cc3ccc(Cl)cc3)CNC2)C1=O. The first-order valence-electron chi connectivity index (χ1n) is 8.24. The molecule has 130 valence electrons. The van der Waals surface area contributed by atoms with E-state index in [9.17, 15) is 9.59 Å². The molecule has 1 aromatic rings. The molecule has 0 atom stereocenters. The predicted octanol–water partition coefficient (Wildman–Crippen LogP) is 0.956. The van der Waals surface area contributed by atoms with Crippen molar-refractivity contribution in [2.45, 2.75) is 6.42 Å². The predicted molar refractivity (Wildman–Crippen MR) is 93.1 cm³/mol. The number of rotatable bonds is 6. The molecule has 0 saturated carbocycles. The fourth-order valence-electron chi connectivity index (χ4n) is 3.19. The lowest BCUT2D eigenvalue weighted by Crippen LogP contribution is -2.63. The van der Waals surface area contributed by atoms with Crippen LogP contribution in [0, 0.1) is 5.41 Å². The Morgan fingerprint density at radius 3 is 2.54 bits per heavy atom. The quantitative estimate of drug-likeness (QED) is 0.803. The van der Waals surface area contributed by atoms with Crippen LogP contribution in [0.5, 0.6) is 0 Å². The fourth-order valence-corrected chi connectivity index (χ4v) is 3.31. The van der Waals surface area contributed by atoms with Crippen molar-refractivity contribution in [2.75, 3.05) is 46.3 Å². The molecule has 7 heteroatoms. The zero-order valence-electron chi connectivity index (χ0n) is 13.8. The lowest BCUT2D eigenvalue weighted by molar-refractivity contribution is -0.133. The van der Waals surface area contributed by atoms with Gasteiger partial charge in [-0.1, -0.05) is 23.7 Å². The molecular formula is C17H23ClN4O2. The highest BCUT2D eigenvalue weighted by Crippen LogP contribution is 2.28. The van der Waals surface area contributed by atoms with Crippen LogP contribution in [0.1, 0.15) is 5.56 Å². The summed E-state index contributed by atoms with van der Waals surface area (Å²) in [6.07, 6.45) is 0.689. The van der Waals surface area contributed by atoms with Crippen LogP contribution in [0.15, 0.2) is 24.3 Å². The number of halogens is 1. The molecule has 2 fully saturated rings. The van der Waals surface area contributed by atoms with E-state index in [2.05, 4.69) is 10.6 Å². The zero-order chi connectivity index (χ0) is 17.2. The van der Waals surface area contributed by atoms with Crippen LogP contribution >= 0.6 is 11.6 Å². The Morgan fingerprint density at radius 2 is 2.00 bits per heavy atom. The number of carbonyl (C=O) groups is 2. The van der Waals surface area contributed by atoms with Crippen LogP contribution in [-0.4, -0.2) is 68.1 Å². The highest BCUT2D eigenvalue weighted by molar-refractivity contribution is 6.30. The largest absolute Gasteiger partial charge is 0.354 e. The standard InChI is InChI=1S/C17H23ClN4O2/c1-21-8-9-22(16(21)24)7-6-20-15(23)17(11-19-12-17)10-13-2-4-14(18)5-3-13/h2-5,19H,6-12H2,1H3,(H,20,23). The van der Waals surface area contributed by atoms with E-state index in [1.54, 1.807) is 16.8 Å². The molecule has 2 aliphatic rings. The van der Waals surface area contributed by atoms with Crippen LogP contribution in [0.25, 0.3) is 0 Å². The van der Waals surface area contributed by atoms with Gasteiger partial charge in [-0.2, -0.15) is 0 Å². The second kappa shape index (κ2) is 6.99. The Morgan fingerprint density at radius 1 is 1.29 bits per heavy atom. The Bertz CT molecular complexity index is 616. The van der Waals surface area contributed by atoms with Crippen molar-refractivity contribution in [1.82, 2.24) is 20.4 Å². The molecule has 2 N–H and O–H groups in total. The van der Waals surface area contributed by atoms with Gasteiger partial charge < -0.3 is 20.4 Å². The number of nitrogens with zero attached hydrogens (tertiary/aromatic N) is 2. The van der Waals surface area contributed by atoms with E-state index in [1.165, 1.54) is 0 Å². The lowest BCUT2D eigenvalue weighted by atomic mass is 9.75. The molecule has 0 spiro atoms. The summed E-state index contributed by atoms with van der Waals surface area (Å²) < 4.78 is 0. The molecule has 3 amide bonds. The number of carbonyl (C=O) groups excluding carboxylic acids is 2. The van der Waals surface area contributed by atoms with E-state index in [0.717, 1.165) is 18.7 Å². The second-order valence-electron chi connectivity index (χ2n) is 6.63. The van der Waals surface area contributed by atoms with Gasteiger partial charge >= 0.3 is 6.03 Å². The third-order valence-corrected chi connectivity index (χ3v) is 5.09. The summed E-state index contributed by atoms with van der Waals surface area (Å²) in [7, 11) is 1.79. The minimum atomic E-state index is -0.403. The molecule has 6 nitrogen and oxygen atoms in total. The average Bonchev–Trinajstić information content (AvgIpc) is 2.84. The summed E-state index contributed by atoms with van der Waals surface area (Å²) in [6, 6.07) is 7.67. The summed E-state index contributed by atoms with van der Waals surface area (Å²) >= 11 is 5.92. The number of hydrogen-bond donors (Lipinski definition) is 2. The Labute approximate surface area is 147 Å². The van der Waals surface area contributed by atoms with Crippen LogP contribution in [0.3, 0.4) is 0 Å². The fraction of sp³-hybridized carbons (Fsp3) is 0.529. The van der Waals surface area contributed by atoms with Crippen molar-refractivity contribution >= 4 is 23.5 Å². The van der Waals surface area contributed by atoms with Crippen LogP contribution < -0.4 is 10.6 Å². The number of likely N-dealkylation sites (N-methyl/N-ethyl adjacent to an activating group) is 1. The normalized spacial score (nSPS) is 19.3. The Hall–Kier alpha value is -1.79. The summed E-state index contributed by atoms with van der Waals surface area (Å²) in [5.74, 6) is 0.0520. The highest BCUT2D eigenvalue weighted by Gasteiger charge is 2.44. The van der Waals surface area contributed by atoms with E-state index in [-0.39, 0.29) is 11.9 Å². The van der Waals surface area contributed by atoms with Crippen molar-refractivity contribution in [1.29, 1.82) is 0 Å². The van der Waals surface area contributed by atoms with Crippen molar-refractivity contribution in [3.8, 4) is 0 Å². The lowest BCUT2D eigenvalue weighted by Gasteiger charge is -2.41. The third-order valence-electron chi connectivity index (χ3n) is 4.83. The number of hydrogen-bond acceptors (Lipinski definition) is 3. The van der Waals surface area contributed by atoms with Gasteiger partial charge in [0.15, 0.2) is 0 Å². The first kappa shape index (κ1) is 17.0. The van der Waals surface area contributed by atoms with Crippen molar-refractivity contribution < 1.29 is 9.59 Å². The van der Waals surface area contributed by atoms with Gasteiger partial charge in [0.1, 0.15) is 0 Å². The summed E-state index contributed by atoms with van der Waals surface area (Å²) in [5, 5.41) is 6.90. The molecule has 2 saturated heterocycles. The molecule has 1 aromatic carbocycles. The Balaban J connectivity index is 1.52.